The molecule has 0 saturated carbocycles. The SMILES string of the molecule is C=C/C(=C\C=C(/C)c1ccccc1)N(c1ccc(-c2ccccc2)cc1)c1cccc2c1-c1ccccc1C2(C)C. The average Bonchev–Trinajstić information content (AvgIpc) is 3.27. The first kappa shape index (κ1) is 26.3. The molecule has 200 valence electrons. The fourth-order valence-electron chi connectivity index (χ4n) is 6.02. The third kappa shape index (κ3) is 4.85. The van der Waals surface area contributed by atoms with E-state index < -0.39 is 0 Å². The Balaban J connectivity index is 1.54. The van der Waals surface area contributed by atoms with Crippen molar-refractivity contribution in [1.82, 2.24) is 0 Å². The molecule has 41 heavy (non-hydrogen) atoms. The molecule has 1 heteroatoms. The molecule has 5 aromatic carbocycles. The molecule has 6 rings (SSSR count). The van der Waals surface area contributed by atoms with Crippen LogP contribution in [0.25, 0.3) is 27.8 Å². The van der Waals surface area contributed by atoms with Crippen LogP contribution >= 0.6 is 0 Å². The van der Waals surface area contributed by atoms with E-state index in [1.165, 1.54) is 44.5 Å². The fourth-order valence-corrected chi connectivity index (χ4v) is 6.02. The molecule has 0 spiro atoms. The van der Waals surface area contributed by atoms with Crippen LogP contribution in [-0.4, -0.2) is 0 Å². The molecular formula is C40H35N. The highest BCUT2D eigenvalue weighted by molar-refractivity contribution is 5.93. The molecule has 0 bridgehead atoms. The van der Waals surface area contributed by atoms with Gasteiger partial charge in [-0.15, -0.1) is 0 Å². The molecule has 1 aliphatic rings. The van der Waals surface area contributed by atoms with Gasteiger partial charge in [0, 0.05) is 22.4 Å². The van der Waals surface area contributed by atoms with Crippen LogP contribution in [0.1, 0.15) is 37.5 Å². The Labute approximate surface area is 244 Å². The molecule has 0 aromatic heterocycles. The Morgan fingerprint density at radius 1 is 0.634 bits per heavy atom. The summed E-state index contributed by atoms with van der Waals surface area (Å²) in [5, 5.41) is 0. The number of fused-ring (bicyclic) bond motifs is 3. The van der Waals surface area contributed by atoms with Gasteiger partial charge in [-0.3, -0.25) is 0 Å². The first-order valence-electron chi connectivity index (χ1n) is 14.2. The maximum absolute atomic E-state index is 4.28. The van der Waals surface area contributed by atoms with Gasteiger partial charge in [0.2, 0.25) is 0 Å². The van der Waals surface area contributed by atoms with Crippen LogP contribution in [0, 0.1) is 0 Å². The van der Waals surface area contributed by atoms with Gasteiger partial charge in [-0.1, -0.05) is 136 Å². The summed E-state index contributed by atoms with van der Waals surface area (Å²) < 4.78 is 0. The molecule has 0 heterocycles. The van der Waals surface area contributed by atoms with Gasteiger partial charge in [0.05, 0.1) is 5.69 Å². The number of nitrogens with zero attached hydrogens (tertiary/aromatic N) is 1. The van der Waals surface area contributed by atoms with Gasteiger partial charge in [-0.05, 0) is 76.2 Å². The molecule has 5 aromatic rings. The minimum Gasteiger partial charge on any atom is -0.310 e. The van der Waals surface area contributed by atoms with Gasteiger partial charge in [-0.25, -0.2) is 0 Å². The largest absolute Gasteiger partial charge is 0.310 e. The minimum absolute atomic E-state index is 0.0768. The molecule has 1 aliphatic carbocycles. The highest BCUT2D eigenvalue weighted by atomic mass is 15.1. The molecule has 0 fully saturated rings. The van der Waals surface area contributed by atoms with Gasteiger partial charge >= 0.3 is 0 Å². The third-order valence-corrected chi connectivity index (χ3v) is 8.26. The van der Waals surface area contributed by atoms with Gasteiger partial charge in [0.15, 0.2) is 0 Å². The second kappa shape index (κ2) is 10.9. The minimum atomic E-state index is -0.0768. The summed E-state index contributed by atoms with van der Waals surface area (Å²) >= 11 is 0. The highest BCUT2D eigenvalue weighted by Crippen LogP contribution is 2.53. The van der Waals surface area contributed by atoms with Gasteiger partial charge < -0.3 is 4.90 Å². The van der Waals surface area contributed by atoms with E-state index in [0.717, 1.165) is 17.1 Å². The number of rotatable bonds is 7. The predicted molar refractivity (Wildman–Crippen MR) is 176 cm³/mol. The van der Waals surface area contributed by atoms with Crippen molar-refractivity contribution >= 4 is 16.9 Å². The van der Waals surface area contributed by atoms with Crippen molar-refractivity contribution in [1.29, 1.82) is 0 Å². The average molecular weight is 530 g/mol. The quantitative estimate of drug-likeness (QED) is 0.190. The number of hydrogen-bond acceptors (Lipinski definition) is 1. The summed E-state index contributed by atoms with van der Waals surface area (Å²) in [4.78, 5) is 2.35. The number of allylic oxidation sites excluding steroid dienone is 4. The molecule has 0 unspecified atom stereocenters. The summed E-state index contributed by atoms with van der Waals surface area (Å²) in [7, 11) is 0. The summed E-state index contributed by atoms with van der Waals surface area (Å²) in [5.41, 5.74) is 13.3. The van der Waals surface area contributed by atoms with Crippen LogP contribution in [0.3, 0.4) is 0 Å². The van der Waals surface area contributed by atoms with Gasteiger partial charge in [0.25, 0.3) is 0 Å². The second-order valence-corrected chi connectivity index (χ2v) is 11.1. The zero-order valence-corrected chi connectivity index (χ0v) is 24.0. The standard InChI is InChI=1S/C40H35N/c1-5-33(26-23-29(2)30-15-8-6-9-16-30)41(34-27-24-32(25-28-34)31-17-10-7-11-18-31)38-22-14-21-37-39(38)35-19-12-13-20-36(35)40(37,3)4/h5-28H,1H2,2-4H3/b29-23+,33-26+. The van der Waals surface area contributed by atoms with Gasteiger partial charge in [0.1, 0.15) is 0 Å². The third-order valence-electron chi connectivity index (χ3n) is 8.26. The van der Waals surface area contributed by atoms with E-state index in [1.807, 2.05) is 6.08 Å². The van der Waals surface area contributed by atoms with Crippen LogP contribution in [0.5, 0.6) is 0 Å². The lowest BCUT2D eigenvalue weighted by molar-refractivity contribution is 0.660. The van der Waals surface area contributed by atoms with E-state index in [9.17, 15) is 0 Å². The Bertz CT molecular complexity index is 1750. The summed E-state index contributed by atoms with van der Waals surface area (Å²) in [6, 6.07) is 45.5. The van der Waals surface area contributed by atoms with Gasteiger partial charge in [-0.2, -0.15) is 0 Å². The highest BCUT2D eigenvalue weighted by Gasteiger charge is 2.37. The van der Waals surface area contributed by atoms with E-state index in [0.29, 0.717) is 0 Å². The van der Waals surface area contributed by atoms with Crippen molar-refractivity contribution in [2.24, 2.45) is 0 Å². The van der Waals surface area contributed by atoms with Crippen molar-refractivity contribution in [3.8, 4) is 22.3 Å². The van der Waals surface area contributed by atoms with E-state index in [1.54, 1.807) is 0 Å². The predicted octanol–water partition coefficient (Wildman–Crippen LogP) is 11.0. The second-order valence-electron chi connectivity index (χ2n) is 11.1. The van der Waals surface area contributed by atoms with Crippen molar-refractivity contribution in [3.63, 3.8) is 0 Å². The lowest BCUT2D eigenvalue weighted by Crippen LogP contribution is -2.18. The first-order valence-corrected chi connectivity index (χ1v) is 14.2. The number of hydrogen-bond donors (Lipinski definition) is 0. The molecular weight excluding hydrogens is 494 g/mol. The zero-order valence-electron chi connectivity index (χ0n) is 24.0. The smallest absolute Gasteiger partial charge is 0.0543 e. The molecule has 0 radical (unpaired) electrons. The molecule has 0 N–H and O–H groups in total. The first-order chi connectivity index (χ1) is 20.0. The topological polar surface area (TPSA) is 3.24 Å². The van der Waals surface area contributed by atoms with Crippen LogP contribution < -0.4 is 4.90 Å². The lowest BCUT2D eigenvalue weighted by atomic mass is 9.82. The maximum atomic E-state index is 4.28. The summed E-state index contributed by atoms with van der Waals surface area (Å²) in [6.45, 7) is 11.1. The molecule has 0 aliphatic heterocycles. The Morgan fingerprint density at radius 3 is 1.95 bits per heavy atom. The maximum Gasteiger partial charge on any atom is 0.0543 e. The van der Waals surface area contributed by atoms with Crippen LogP contribution in [0.2, 0.25) is 0 Å². The summed E-state index contributed by atoms with van der Waals surface area (Å²) in [6.07, 6.45) is 6.34. The van der Waals surface area contributed by atoms with Crippen molar-refractivity contribution in [2.75, 3.05) is 4.90 Å². The number of benzene rings is 5. The zero-order chi connectivity index (χ0) is 28.4. The van der Waals surface area contributed by atoms with Crippen molar-refractivity contribution < 1.29 is 0 Å². The fraction of sp³-hybridized carbons (Fsp3) is 0.100. The summed E-state index contributed by atoms with van der Waals surface area (Å²) in [5.74, 6) is 0. The Morgan fingerprint density at radius 2 is 1.24 bits per heavy atom. The number of anilines is 2. The normalized spacial score (nSPS) is 13.8. The molecule has 1 nitrogen and oxygen atoms in total. The van der Waals surface area contributed by atoms with Crippen molar-refractivity contribution in [2.45, 2.75) is 26.2 Å². The van der Waals surface area contributed by atoms with Crippen molar-refractivity contribution in [3.05, 3.63) is 175 Å². The Hall–Kier alpha value is -4.88. The van der Waals surface area contributed by atoms with Crippen LogP contribution in [0.15, 0.2) is 158 Å². The van der Waals surface area contributed by atoms with E-state index in [2.05, 4.69) is 172 Å². The Kier molecular flexibility index (Phi) is 7.03. The van der Waals surface area contributed by atoms with Crippen LogP contribution in [-0.2, 0) is 5.41 Å². The lowest BCUT2D eigenvalue weighted by Gasteiger charge is -2.29. The van der Waals surface area contributed by atoms with Crippen LogP contribution in [0.4, 0.5) is 11.4 Å². The van der Waals surface area contributed by atoms with E-state index in [-0.39, 0.29) is 5.41 Å². The van der Waals surface area contributed by atoms with E-state index in [4.69, 9.17) is 0 Å². The molecule has 0 saturated heterocycles. The molecule has 0 atom stereocenters. The molecule has 0 amide bonds. The monoisotopic (exact) mass is 529 g/mol. The van der Waals surface area contributed by atoms with E-state index >= 15 is 0 Å².